The van der Waals surface area contributed by atoms with Crippen LogP contribution in [0.1, 0.15) is 38.5 Å². The Kier molecular flexibility index (Phi) is 8.61. The number of thiazole rings is 1. The summed E-state index contributed by atoms with van der Waals surface area (Å²) in [6.07, 6.45) is 3.68. The maximum absolute atomic E-state index is 12.1. The van der Waals surface area contributed by atoms with Gasteiger partial charge in [0.05, 0.1) is 12.8 Å². The first kappa shape index (κ1) is 21.6. The van der Waals surface area contributed by atoms with Crippen LogP contribution in [-0.2, 0) is 14.4 Å². The van der Waals surface area contributed by atoms with Crippen LogP contribution in [0.4, 0.5) is 5.13 Å². The molecule has 0 bridgehead atoms. The summed E-state index contributed by atoms with van der Waals surface area (Å²) in [6, 6.07) is 7.61. The van der Waals surface area contributed by atoms with Crippen molar-refractivity contribution >= 4 is 34.1 Å². The predicted octanol–water partition coefficient (Wildman–Crippen LogP) is 3.41. The molecule has 28 heavy (non-hydrogen) atoms. The van der Waals surface area contributed by atoms with Gasteiger partial charge in [0, 0.05) is 30.8 Å². The molecule has 0 radical (unpaired) electrons. The van der Waals surface area contributed by atoms with Crippen molar-refractivity contribution < 1.29 is 19.1 Å². The molecule has 2 amide bonds. The molecule has 1 aromatic heterocycles. The van der Waals surface area contributed by atoms with Crippen molar-refractivity contribution in [2.75, 3.05) is 19.5 Å². The van der Waals surface area contributed by atoms with Crippen molar-refractivity contribution in [2.45, 2.75) is 38.5 Å². The highest BCUT2D eigenvalue weighted by Crippen LogP contribution is 2.27. The van der Waals surface area contributed by atoms with E-state index in [0.29, 0.717) is 18.0 Å². The number of nitrogens with one attached hydrogen (secondary N) is 2. The van der Waals surface area contributed by atoms with Gasteiger partial charge in [-0.05, 0) is 25.0 Å². The number of Topliss-reactive ketones (excluding diaryl/α,β-unsaturated/α-hetero) is 1. The summed E-state index contributed by atoms with van der Waals surface area (Å²) >= 11 is 1.38. The summed E-state index contributed by atoms with van der Waals surface area (Å²) < 4.78 is 5.22. The normalized spacial score (nSPS) is 10.4. The fourth-order valence-electron chi connectivity index (χ4n) is 2.61. The molecule has 8 heteroatoms. The smallest absolute Gasteiger partial charge is 0.287 e. The molecule has 2 N–H and O–H groups in total. The molecule has 150 valence electrons. The lowest BCUT2D eigenvalue weighted by molar-refractivity contribution is -0.137. The molecule has 1 aromatic carbocycles. The number of carbonyl (C=O) groups excluding carboxylic acids is 3. The van der Waals surface area contributed by atoms with Crippen LogP contribution >= 0.6 is 11.3 Å². The predicted molar refractivity (Wildman–Crippen MR) is 110 cm³/mol. The first-order chi connectivity index (χ1) is 13.5. The summed E-state index contributed by atoms with van der Waals surface area (Å²) in [4.78, 5) is 39.0. The number of unbranched alkanes of at least 4 members (excludes halogenated alkanes) is 3. The molecular formula is C20H25N3O4S. The van der Waals surface area contributed by atoms with Crippen LogP contribution in [-0.4, -0.2) is 36.7 Å². The van der Waals surface area contributed by atoms with E-state index >= 15 is 0 Å². The summed E-state index contributed by atoms with van der Waals surface area (Å²) in [7, 11) is 3.06. The third-order valence-corrected chi connectivity index (χ3v) is 4.91. The summed E-state index contributed by atoms with van der Waals surface area (Å²) in [5, 5.41) is 7.61. The van der Waals surface area contributed by atoms with Gasteiger partial charge < -0.3 is 15.4 Å². The highest BCUT2D eigenvalue weighted by molar-refractivity contribution is 7.14. The van der Waals surface area contributed by atoms with Gasteiger partial charge >= 0.3 is 0 Å². The Balaban J connectivity index is 1.69. The summed E-state index contributed by atoms with van der Waals surface area (Å²) in [5.74, 6) is -0.256. The Morgan fingerprint density at radius 2 is 1.86 bits per heavy atom. The van der Waals surface area contributed by atoms with Gasteiger partial charge in [0.15, 0.2) is 5.13 Å². The van der Waals surface area contributed by atoms with Crippen molar-refractivity contribution in [3.63, 3.8) is 0 Å². The number of likely N-dealkylation sites (N-methyl/N-ethyl adjacent to an activating group) is 1. The molecule has 0 aliphatic heterocycles. The molecule has 0 spiro atoms. The van der Waals surface area contributed by atoms with E-state index in [2.05, 4.69) is 15.6 Å². The molecule has 0 fully saturated rings. The zero-order valence-corrected chi connectivity index (χ0v) is 16.9. The van der Waals surface area contributed by atoms with Gasteiger partial charge in [0.25, 0.3) is 5.91 Å². The van der Waals surface area contributed by atoms with Crippen molar-refractivity contribution in [2.24, 2.45) is 0 Å². The molecule has 0 atom stereocenters. The van der Waals surface area contributed by atoms with Gasteiger partial charge in [-0.15, -0.1) is 11.3 Å². The van der Waals surface area contributed by atoms with Crippen LogP contribution in [0.3, 0.4) is 0 Å². The number of methoxy groups -OCH3 is 1. The Labute approximate surface area is 168 Å². The molecule has 0 unspecified atom stereocenters. The average molecular weight is 404 g/mol. The number of rotatable bonds is 11. The number of nitrogens with zero attached hydrogens (tertiary/aromatic N) is 1. The van der Waals surface area contributed by atoms with Gasteiger partial charge in [-0.1, -0.05) is 25.0 Å². The Hall–Kier alpha value is -2.74. The number of ketones is 1. The number of amides is 2. The molecule has 0 aliphatic carbocycles. The van der Waals surface area contributed by atoms with E-state index in [9.17, 15) is 14.4 Å². The standard InChI is InChI=1S/C20H25N3O4S/c1-21-19(26)17(24)10-5-3-4-6-11-18(25)23-20-22-16(13-28-20)14-8-7-9-15(12-14)27-2/h7-9,12-13H,3-6,10-11H2,1-2H3,(H,21,26)(H,22,23,25). The molecule has 2 aromatic rings. The van der Waals surface area contributed by atoms with Gasteiger partial charge in [0.1, 0.15) is 5.75 Å². The molecule has 0 saturated heterocycles. The van der Waals surface area contributed by atoms with Crippen molar-refractivity contribution in [1.29, 1.82) is 0 Å². The molecular weight excluding hydrogens is 378 g/mol. The van der Waals surface area contributed by atoms with E-state index in [1.165, 1.54) is 18.4 Å². The lowest BCUT2D eigenvalue weighted by Crippen LogP contribution is -2.27. The number of carbonyl (C=O) groups is 3. The number of hydrogen-bond donors (Lipinski definition) is 2. The number of ether oxygens (including phenoxy) is 1. The molecule has 7 nitrogen and oxygen atoms in total. The molecule has 0 aliphatic rings. The van der Waals surface area contributed by atoms with Crippen molar-refractivity contribution in [1.82, 2.24) is 10.3 Å². The number of aromatic nitrogens is 1. The second-order valence-electron chi connectivity index (χ2n) is 6.23. The van der Waals surface area contributed by atoms with Crippen molar-refractivity contribution in [3.8, 4) is 17.0 Å². The Bertz CT molecular complexity index is 819. The molecule has 0 saturated carbocycles. The average Bonchev–Trinajstić information content (AvgIpc) is 3.18. The van der Waals surface area contributed by atoms with Crippen LogP contribution in [0.25, 0.3) is 11.3 Å². The van der Waals surface area contributed by atoms with E-state index in [1.54, 1.807) is 7.11 Å². The zero-order valence-electron chi connectivity index (χ0n) is 16.1. The summed E-state index contributed by atoms with van der Waals surface area (Å²) in [6.45, 7) is 0. The monoisotopic (exact) mass is 403 g/mol. The first-order valence-corrected chi connectivity index (χ1v) is 10.1. The lowest BCUT2D eigenvalue weighted by Gasteiger charge is -2.03. The van der Waals surface area contributed by atoms with Gasteiger partial charge in [-0.2, -0.15) is 0 Å². The van der Waals surface area contributed by atoms with E-state index in [4.69, 9.17) is 4.74 Å². The second kappa shape index (κ2) is 11.2. The van der Waals surface area contributed by atoms with E-state index in [1.807, 2.05) is 29.6 Å². The van der Waals surface area contributed by atoms with Gasteiger partial charge in [0.2, 0.25) is 11.7 Å². The maximum Gasteiger partial charge on any atom is 0.287 e. The van der Waals surface area contributed by atoms with E-state index in [0.717, 1.165) is 36.3 Å². The number of hydrogen-bond acceptors (Lipinski definition) is 6. The first-order valence-electron chi connectivity index (χ1n) is 9.18. The van der Waals surface area contributed by atoms with Gasteiger partial charge in [-0.25, -0.2) is 4.98 Å². The second-order valence-corrected chi connectivity index (χ2v) is 7.09. The van der Waals surface area contributed by atoms with Crippen LogP contribution in [0.2, 0.25) is 0 Å². The Morgan fingerprint density at radius 1 is 1.11 bits per heavy atom. The third kappa shape index (κ3) is 6.77. The number of anilines is 1. The highest BCUT2D eigenvalue weighted by atomic mass is 32.1. The maximum atomic E-state index is 12.1. The van der Waals surface area contributed by atoms with E-state index < -0.39 is 11.7 Å². The summed E-state index contributed by atoms with van der Waals surface area (Å²) in [5.41, 5.74) is 1.72. The SMILES string of the molecule is CNC(=O)C(=O)CCCCCCC(=O)Nc1nc(-c2cccc(OC)c2)cs1. The minimum Gasteiger partial charge on any atom is -0.497 e. The lowest BCUT2D eigenvalue weighted by atomic mass is 10.1. The highest BCUT2D eigenvalue weighted by Gasteiger charge is 2.11. The fourth-order valence-corrected chi connectivity index (χ4v) is 3.34. The zero-order chi connectivity index (χ0) is 20.4. The fraction of sp³-hybridized carbons (Fsp3) is 0.400. The molecule has 1 heterocycles. The largest absolute Gasteiger partial charge is 0.497 e. The van der Waals surface area contributed by atoms with Crippen molar-refractivity contribution in [3.05, 3.63) is 29.6 Å². The van der Waals surface area contributed by atoms with Crippen LogP contribution < -0.4 is 15.4 Å². The quantitative estimate of drug-likeness (QED) is 0.443. The molecule has 2 rings (SSSR count). The van der Waals surface area contributed by atoms with Crippen LogP contribution in [0.5, 0.6) is 5.75 Å². The topological polar surface area (TPSA) is 97.4 Å². The van der Waals surface area contributed by atoms with Crippen LogP contribution in [0.15, 0.2) is 29.6 Å². The minimum absolute atomic E-state index is 0.0759. The number of benzene rings is 1. The van der Waals surface area contributed by atoms with Crippen LogP contribution in [0, 0.1) is 0 Å². The Morgan fingerprint density at radius 3 is 2.57 bits per heavy atom. The third-order valence-electron chi connectivity index (χ3n) is 4.15. The minimum atomic E-state index is -0.545. The van der Waals surface area contributed by atoms with Gasteiger partial charge in [-0.3, -0.25) is 14.4 Å². The van der Waals surface area contributed by atoms with E-state index in [-0.39, 0.29) is 12.3 Å².